The number of thiazole rings is 1. The van der Waals surface area contributed by atoms with Gasteiger partial charge in [-0.15, -0.1) is 0 Å². The van der Waals surface area contributed by atoms with Crippen molar-refractivity contribution in [3.8, 4) is 22.4 Å². The Morgan fingerprint density at radius 2 is 2.17 bits per heavy atom. The van der Waals surface area contributed by atoms with E-state index < -0.39 is 17.4 Å². The second kappa shape index (κ2) is 7.55. The molecule has 4 N–H and O–H groups in total. The molecule has 30 heavy (non-hydrogen) atoms. The van der Waals surface area contributed by atoms with Crippen molar-refractivity contribution in [1.29, 1.82) is 0 Å². The Hall–Kier alpha value is -3.22. The molecule has 9 heteroatoms. The quantitative estimate of drug-likeness (QED) is 0.636. The van der Waals surface area contributed by atoms with Gasteiger partial charge >= 0.3 is 0 Å². The fourth-order valence-electron chi connectivity index (χ4n) is 3.13. The average Bonchev–Trinajstić information content (AvgIpc) is 3.45. The van der Waals surface area contributed by atoms with Crippen LogP contribution in [0, 0.1) is 17.8 Å². The molecule has 2 heterocycles. The fraction of sp³-hybridized carbons (Fsp3) is 0.333. The van der Waals surface area contributed by atoms with Crippen LogP contribution in [0.3, 0.4) is 0 Å². The highest BCUT2D eigenvalue weighted by Crippen LogP contribution is 2.35. The van der Waals surface area contributed by atoms with Crippen LogP contribution in [0.4, 0.5) is 5.00 Å². The van der Waals surface area contributed by atoms with Gasteiger partial charge in [0.2, 0.25) is 11.5 Å². The van der Waals surface area contributed by atoms with Gasteiger partial charge in [0.05, 0.1) is 0 Å². The minimum atomic E-state index is -1.68. The Bertz CT molecular complexity index is 1110. The van der Waals surface area contributed by atoms with Crippen molar-refractivity contribution in [1.82, 2.24) is 9.88 Å². The number of benzene rings is 1. The Morgan fingerprint density at radius 1 is 1.40 bits per heavy atom. The summed E-state index contributed by atoms with van der Waals surface area (Å²) in [4.78, 5) is 41.7. The smallest absolute Gasteiger partial charge is 0.270 e. The molecule has 2 fully saturated rings. The van der Waals surface area contributed by atoms with Crippen LogP contribution in [-0.2, 0) is 9.59 Å². The van der Waals surface area contributed by atoms with Gasteiger partial charge in [-0.05, 0) is 25.0 Å². The molecule has 3 amide bonds. The number of carbonyl (C=O) groups is 3. The van der Waals surface area contributed by atoms with Crippen LogP contribution in [0.1, 0.15) is 35.3 Å². The van der Waals surface area contributed by atoms with E-state index in [-0.39, 0.29) is 23.9 Å². The van der Waals surface area contributed by atoms with Gasteiger partial charge in [0.1, 0.15) is 10.0 Å². The number of rotatable bonds is 4. The van der Waals surface area contributed by atoms with E-state index in [9.17, 15) is 19.5 Å². The lowest BCUT2D eigenvalue weighted by atomic mass is 10.0. The number of nitrogens with zero attached hydrogens (tertiary/aromatic N) is 2. The Kier molecular flexibility index (Phi) is 5.05. The SMILES string of the molecule is CN1CC[C@@](O)(C#Cc2cccc(-c3nc(C(N)=O)c(NC(=O)C4CC4)s3)c2)C1=O. The molecule has 2 aliphatic rings. The van der Waals surface area contributed by atoms with Gasteiger partial charge in [-0.1, -0.05) is 35.3 Å². The normalized spacial score (nSPS) is 20.6. The minimum absolute atomic E-state index is 0.0157. The Labute approximate surface area is 177 Å². The van der Waals surface area contributed by atoms with Crippen LogP contribution >= 0.6 is 11.3 Å². The number of hydrogen-bond donors (Lipinski definition) is 3. The monoisotopic (exact) mass is 424 g/mol. The predicted octanol–water partition coefficient (Wildman–Crippen LogP) is 1.20. The number of amides is 3. The molecule has 0 bridgehead atoms. The minimum Gasteiger partial charge on any atom is -0.369 e. The van der Waals surface area contributed by atoms with Crippen LogP contribution in [0.15, 0.2) is 24.3 Å². The molecule has 0 spiro atoms. The maximum absolute atomic E-state index is 12.1. The van der Waals surface area contributed by atoms with E-state index in [2.05, 4.69) is 22.1 Å². The predicted molar refractivity (Wildman–Crippen MR) is 112 cm³/mol. The molecule has 8 nitrogen and oxygen atoms in total. The Balaban J connectivity index is 1.61. The third-order valence-corrected chi connectivity index (χ3v) is 6.10. The fourth-order valence-corrected chi connectivity index (χ4v) is 4.10. The number of hydrogen-bond acceptors (Lipinski definition) is 6. The Morgan fingerprint density at radius 3 is 2.80 bits per heavy atom. The second-order valence-electron chi connectivity index (χ2n) is 7.49. The third kappa shape index (κ3) is 3.92. The number of aliphatic hydroxyl groups is 1. The molecule has 1 aliphatic carbocycles. The van der Waals surface area contributed by atoms with Gasteiger partial charge in [0.25, 0.3) is 11.8 Å². The lowest BCUT2D eigenvalue weighted by Crippen LogP contribution is -2.37. The molecule has 4 rings (SSSR count). The summed E-state index contributed by atoms with van der Waals surface area (Å²) in [7, 11) is 1.63. The molecule has 0 radical (unpaired) electrons. The number of nitrogens with two attached hydrogens (primary N) is 1. The molecular weight excluding hydrogens is 404 g/mol. The van der Waals surface area contributed by atoms with Crippen LogP contribution in [-0.4, -0.2) is 51.9 Å². The zero-order valence-corrected chi connectivity index (χ0v) is 17.1. The van der Waals surface area contributed by atoms with Crippen molar-refractivity contribution in [3.05, 3.63) is 35.5 Å². The van der Waals surface area contributed by atoms with E-state index in [1.165, 1.54) is 4.90 Å². The van der Waals surface area contributed by atoms with Crippen molar-refractivity contribution in [3.63, 3.8) is 0 Å². The highest BCUT2D eigenvalue weighted by Gasteiger charge is 2.42. The standard InChI is InChI=1S/C21H20N4O4S/c1-25-10-9-21(29,20(25)28)8-7-12-3-2-4-14(11-12)18-23-15(16(22)26)19(30-18)24-17(27)13-5-6-13/h2-4,11,13,29H,5-6,9-10H2,1H3,(H2,22,26)(H,24,27)/t21-/m0/s1. The molecule has 154 valence electrons. The summed E-state index contributed by atoms with van der Waals surface area (Å²) < 4.78 is 0. The zero-order valence-electron chi connectivity index (χ0n) is 16.3. The summed E-state index contributed by atoms with van der Waals surface area (Å²) in [5, 5.41) is 14.0. The van der Waals surface area contributed by atoms with Crippen LogP contribution in [0.25, 0.3) is 10.6 Å². The van der Waals surface area contributed by atoms with E-state index in [0.29, 0.717) is 27.7 Å². The largest absolute Gasteiger partial charge is 0.369 e. The topological polar surface area (TPSA) is 126 Å². The van der Waals surface area contributed by atoms with Gasteiger partial charge in [-0.2, -0.15) is 0 Å². The van der Waals surface area contributed by atoms with Crippen molar-refractivity contribution < 1.29 is 19.5 Å². The lowest BCUT2D eigenvalue weighted by Gasteiger charge is -2.13. The molecule has 1 aromatic carbocycles. The molecule has 2 aromatic rings. The highest BCUT2D eigenvalue weighted by molar-refractivity contribution is 7.19. The second-order valence-corrected chi connectivity index (χ2v) is 8.49. The number of likely N-dealkylation sites (N-methyl/N-ethyl adjacent to an activating group) is 1. The van der Waals surface area contributed by atoms with Crippen molar-refractivity contribution >= 4 is 34.1 Å². The van der Waals surface area contributed by atoms with Gasteiger partial charge in [-0.25, -0.2) is 4.98 Å². The zero-order chi connectivity index (χ0) is 21.5. The van der Waals surface area contributed by atoms with Crippen LogP contribution in [0.2, 0.25) is 0 Å². The van der Waals surface area contributed by atoms with Crippen molar-refractivity contribution in [2.75, 3.05) is 18.9 Å². The van der Waals surface area contributed by atoms with Crippen LogP contribution < -0.4 is 11.1 Å². The lowest BCUT2D eigenvalue weighted by molar-refractivity contribution is -0.137. The first-order valence-electron chi connectivity index (χ1n) is 9.50. The van der Waals surface area contributed by atoms with Gasteiger partial charge in [-0.3, -0.25) is 14.4 Å². The molecule has 1 aromatic heterocycles. The van der Waals surface area contributed by atoms with Gasteiger partial charge in [0, 0.05) is 37.1 Å². The molecule has 0 unspecified atom stereocenters. The molecule has 1 saturated carbocycles. The maximum atomic E-state index is 12.1. The van der Waals surface area contributed by atoms with Crippen molar-refractivity contribution in [2.24, 2.45) is 11.7 Å². The van der Waals surface area contributed by atoms with E-state index in [0.717, 1.165) is 24.2 Å². The molecule has 1 saturated heterocycles. The van der Waals surface area contributed by atoms with E-state index in [4.69, 9.17) is 5.73 Å². The number of anilines is 1. The number of primary amides is 1. The highest BCUT2D eigenvalue weighted by atomic mass is 32.1. The van der Waals surface area contributed by atoms with E-state index >= 15 is 0 Å². The number of carbonyl (C=O) groups excluding carboxylic acids is 3. The number of likely N-dealkylation sites (tertiary alicyclic amines) is 1. The summed E-state index contributed by atoms with van der Waals surface area (Å²) >= 11 is 1.16. The summed E-state index contributed by atoms with van der Waals surface area (Å²) in [5.74, 6) is 4.26. The number of aromatic nitrogens is 1. The molecule has 1 atom stereocenters. The van der Waals surface area contributed by atoms with Gasteiger partial charge in [0.15, 0.2) is 5.69 Å². The maximum Gasteiger partial charge on any atom is 0.270 e. The first kappa shape index (κ1) is 20.1. The third-order valence-electron chi connectivity index (χ3n) is 5.08. The first-order chi connectivity index (χ1) is 14.3. The first-order valence-corrected chi connectivity index (χ1v) is 10.3. The van der Waals surface area contributed by atoms with Gasteiger partial charge < -0.3 is 21.1 Å². The van der Waals surface area contributed by atoms with E-state index in [1.54, 1.807) is 31.3 Å². The number of nitrogens with one attached hydrogen (secondary N) is 1. The van der Waals surface area contributed by atoms with Crippen LogP contribution in [0.5, 0.6) is 0 Å². The summed E-state index contributed by atoms with van der Waals surface area (Å²) in [5.41, 5.74) is 5.04. The molecule has 1 aliphatic heterocycles. The summed E-state index contributed by atoms with van der Waals surface area (Å²) in [6.07, 6.45) is 1.94. The summed E-state index contributed by atoms with van der Waals surface area (Å²) in [6.45, 7) is 0.453. The molecular formula is C21H20N4O4S. The van der Waals surface area contributed by atoms with E-state index in [1.807, 2.05) is 0 Å². The summed E-state index contributed by atoms with van der Waals surface area (Å²) in [6, 6.07) is 7.06. The average molecular weight is 424 g/mol. The van der Waals surface area contributed by atoms with Crippen molar-refractivity contribution in [2.45, 2.75) is 24.9 Å².